The Morgan fingerprint density at radius 2 is 1.70 bits per heavy atom. The first-order valence-electron chi connectivity index (χ1n) is 6.03. The zero-order chi connectivity index (χ0) is 14.7. The number of nitrogen functional groups attached to an aromatic ring is 1. The van der Waals surface area contributed by atoms with Crippen molar-refractivity contribution in [1.29, 1.82) is 0 Å². The zero-order valence-electron chi connectivity index (χ0n) is 10.9. The van der Waals surface area contributed by atoms with Crippen molar-refractivity contribution in [3.63, 3.8) is 0 Å². The van der Waals surface area contributed by atoms with Crippen LogP contribution in [0.3, 0.4) is 0 Å². The zero-order valence-corrected chi connectivity index (χ0v) is 12.4. The van der Waals surface area contributed by atoms with Crippen molar-refractivity contribution in [2.24, 2.45) is 0 Å². The molecule has 3 nitrogen and oxygen atoms in total. The predicted octanol–water partition coefficient (Wildman–Crippen LogP) is 3.78. The van der Waals surface area contributed by atoms with Crippen LogP contribution in [-0.4, -0.2) is 13.0 Å². The molecule has 2 rings (SSSR count). The molecule has 0 saturated carbocycles. The van der Waals surface area contributed by atoms with Gasteiger partial charge in [-0.3, -0.25) is 4.79 Å². The van der Waals surface area contributed by atoms with Gasteiger partial charge in [-0.2, -0.15) is 0 Å². The number of nitrogens with zero attached hydrogens (tertiary/aromatic N) is 1. The summed E-state index contributed by atoms with van der Waals surface area (Å²) in [5.41, 5.74) is 7.89. The molecule has 5 heteroatoms. The molecule has 0 radical (unpaired) electrons. The third kappa shape index (κ3) is 3.44. The molecule has 1 amide bonds. The highest BCUT2D eigenvalue weighted by Crippen LogP contribution is 2.26. The maximum absolute atomic E-state index is 12.3. The van der Waals surface area contributed by atoms with Crippen LogP contribution in [0, 0.1) is 0 Å². The molecule has 0 aliphatic heterocycles. The molecule has 0 spiro atoms. The highest BCUT2D eigenvalue weighted by atomic mass is 35.5. The number of hydrogen-bond donors (Lipinski definition) is 1. The second-order valence-electron chi connectivity index (χ2n) is 4.46. The van der Waals surface area contributed by atoms with Crippen molar-refractivity contribution in [2.75, 3.05) is 17.7 Å². The van der Waals surface area contributed by atoms with Crippen LogP contribution in [0.2, 0.25) is 10.0 Å². The number of amides is 1. The molecule has 0 aliphatic carbocycles. The Morgan fingerprint density at radius 1 is 1.10 bits per heavy atom. The summed E-state index contributed by atoms with van der Waals surface area (Å²) in [6.45, 7) is 0. The Labute approximate surface area is 127 Å². The SMILES string of the molecule is CN(C(=O)Cc1ccc(Cl)cc1)c1cc(Cl)ccc1N. The molecule has 0 bridgehead atoms. The number of rotatable bonds is 3. The number of anilines is 2. The molecule has 2 aromatic carbocycles. The predicted molar refractivity (Wildman–Crippen MR) is 84.4 cm³/mol. The van der Waals surface area contributed by atoms with Crippen LogP contribution in [0.1, 0.15) is 5.56 Å². The summed E-state index contributed by atoms with van der Waals surface area (Å²) in [6.07, 6.45) is 0.277. The van der Waals surface area contributed by atoms with Gasteiger partial charge in [0.15, 0.2) is 0 Å². The average Bonchev–Trinajstić information content (AvgIpc) is 2.43. The second kappa shape index (κ2) is 6.16. The van der Waals surface area contributed by atoms with Crippen molar-refractivity contribution in [3.8, 4) is 0 Å². The summed E-state index contributed by atoms with van der Waals surface area (Å²) in [7, 11) is 1.68. The molecule has 0 aromatic heterocycles. The molecular weight excluding hydrogens is 295 g/mol. The molecule has 0 saturated heterocycles. The van der Waals surface area contributed by atoms with Crippen LogP contribution in [0.15, 0.2) is 42.5 Å². The lowest BCUT2D eigenvalue weighted by molar-refractivity contribution is -0.117. The molecule has 2 aromatic rings. The maximum Gasteiger partial charge on any atom is 0.231 e. The molecule has 0 fully saturated rings. The Bertz CT molecular complexity index is 626. The third-order valence-corrected chi connectivity index (χ3v) is 3.48. The van der Waals surface area contributed by atoms with Gasteiger partial charge in [0, 0.05) is 17.1 Å². The number of halogens is 2. The maximum atomic E-state index is 12.3. The standard InChI is InChI=1S/C15H14Cl2N2O/c1-19(14-9-12(17)6-7-13(14)18)15(20)8-10-2-4-11(16)5-3-10/h2-7,9H,8,18H2,1H3. The molecule has 2 N–H and O–H groups in total. The van der Waals surface area contributed by atoms with E-state index < -0.39 is 0 Å². The van der Waals surface area contributed by atoms with Gasteiger partial charge in [0.2, 0.25) is 5.91 Å². The minimum Gasteiger partial charge on any atom is -0.397 e. The van der Waals surface area contributed by atoms with Gasteiger partial charge in [0.05, 0.1) is 17.8 Å². The van der Waals surface area contributed by atoms with Crippen LogP contribution in [0.5, 0.6) is 0 Å². The minimum absolute atomic E-state index is 0.0683. The number of benzene rings is 2. The van der Waals surface area contributed by atoms with Gasteiger partial charge < -0.3 is 10.6 Å². The van der Waals surface area contributed by atoms with Crippen LogP contribution >= 0.6 is 23.2 Å². The number of carbonyl (C=O) groups is 1. The largest absolute Gasteiger partial charge is 0.397 e. The molecule has 0 heterocycles. The average molecular weight is 309 g/mol. The molecular formula is C15H14Cl2N2O. The monoisotopic (exact) mass is 308 g/mol. The van der Waals surface area contributed by atoms with Gasteiger partial charge in [-0.05, 0) is 35.9 Å². The summed E-state index contributed by atoms with van der Waals surface area (Å²) >= 11 is 11.8. The molecule has 20 heavy (non-hydrogen) atoms. The van der Waals surface area contributed by atoms with Crippen LogP contribution in [0.25, 0.3) is 0 Å². The van der Waals surface area contributed by atoms with Gasteiger partial charge in [0.25, 0.3) is 0 Å². The molecule has 0 aliphatic rings. The van der Waals surface area contributed by atoms with E-state index in [1.807, 2.05) is 12.1 Å². The second-order valence-corrected chi connectivity index (χ2v) is 5.33. The van der Waals surface area contributed by atoms with Gasteiger partial charge >= 0.3 is 0 Å². The fourth-order valence-corrected chi connectivity index (χ4v) is 2.13. The van der Waals surface area contributed by atoms with E-state index in [9.17, 15) is 4.79 Å². The summed E-state index contributed by atoms with van der Waals surface area (Å²) in [6, 6.07) is 12.2. The highest BCUT2D eigenvalue weighted by molar-refractivity contribution is 6.31. The fraction of sp³-hybridized carbons (Fsp3) is 0.133. The van der Waals surface area contributed by atoms with Gasteiger partial charge in [0.1, 0.15) is 0 Å². The Hall–Kier alpha value is -1.71. The lowest BCUT2D eigenvalue weighted by Crippen LogP contribution is -2.28. The fourth-order valence-electron chi connectivity index (χ4n) is 1.84. The third-order valence-electron chi connectivity index (χ3n) is 3.00. The van der Waals surface area contributed by atoms with Crippen molar-refractivity contribution < 1.29 is 4.79 Å². The van der Waals surface area contributed by atoms with E-state index in [1.165, 1.54) is 4.90 Å². The van der Waals surface area contributed by atoms with E-state index in [0.29, 0.717) is 21.4 Å². The summed E-state index contributed by atoms with van der Waals surface area (Å²) in [4.78, 5) is 13.8. The first-order chi connectivity index (χ1) is 9.47. The quantitative estimate of drug-likeness (QED) is 0.877. The summed E-state index contributed by atoms with van der Waals surface area (Å²) < 4.78 is 0. The van der Waals surface area contributed by atoms with Crippen molar-refractivity contribution in [1.82, 2.24) is 0 Å². The van der Waals surface area contributed by atoms with Gasteiger partial charge in [-0.15, -0.1) is 0 Å². The van der Waals surface area contributed by atoms with Gasteiger partial charge in [-0.1, -0.05) is 35.3 Å². The Balaban J connectivity index is 2.16. The summed E-state index contributed by atoms with van der Waals surface area (Å²) in [5.74, 6) is -0.0683. The highest BCUT2D eigenvalue weighted by Gasteiger charge is 2.14. The number of nitrogens with two attached hydrogens (primary N) is 1. The molecule has 0 unspecified atom stereocenters. The van der Waals surface area contributed by atoms with Crippen LogP contribution in [0.4, 0.5) is 11.4 Å². The van der Waals surface area contributed by atoms with Gasteiger partial charge in [-0.25, -0.2) is 0 Å². The first kappa shape index (κ1) is 14.7. The molecule has 0 atom stereocenters. The normalized spacial score (nSPS) is 10.3. The topological polar surface area (TPSA) is 46.3 Å². The van der Waals surface area contributed by atoms with Crippen LogP contribution in [-0.2, 0) is 11.2 Å². The number of likely N-dealkylation sites (N-methyl/N-ethyl adjacent to an activating group) is 1. The van der Waals surface area contributed by atoms with E-state index in [-0.39, 0.29) is 12.3 Å². The summed E-state index contributed by atoms with van der Waals surface area (Å²) in [5, 5.41) is 1.19. The lowest BCUT2D eigenvalue weighted by Gasteiger charge is -2.19. The lowest BCUT2D eigenvalue weighted by atomic mass is 10.1. The van der Waals surface area contributed by atoms with Crippen molar-refractivity contribution in [2.45, 2.75) is 6.42 Å². The van der Waals surface area contributed by atoms with E-state index >= 15 is 0 Å². The first-order valence-corrected chi connectivity index (χ1v) is 6.79. The van der Waals surface area contributed by atoms with E-state index in [2.05, 4.69) is 0 Å². The smallest absolute Gasteiger partial charge is 0.231 e. The Morgan fingerprint density at radius 3 is 2.35 bits per heavy atom. The molecule has 104 valence electrons. The van der Waals surface area contributed by atoms with Crippen molar-refractivity contribution in [3.05, 3.63) is 58.1 Å². The van der Waals surface area contributed by atoms with E-state index in [1.54, 1.807) is 37.4 Å². The van der Waals surface area contributed by atoms with E-state index in [0.717, 1.165) is 5.56 Å². The minimum atomic E-state index is -0.0683. The number of carbonyl (C=O) groups excluding carboxylic acids is 1. The van der Waals surface area contributed by atoms with Crippen molar-refractivity contribution >= 4 is 40.5 Å². The van der Waals surface area contributed by atoms with E-state index in [4.69, 9.17) is 28.9 Å². The number of hydrogen-bond acceptors (Lipinski definition) is 2. The van der Waals surface area contributed by atoms with Crippen LogP contribution < -0.4 is 10.6 Å². The Kier molecular flexibility index (Phi) is 4.53.